The predicted molar refractivity (Wildman–Crippen MR) is 69.7 cm³/mol. The minimum atomic E-state index is -2.81. The highest BCUT2D eigenvalue weighted by atomic mass is 19.3. The third-order valence-electron chi connectivity index (χ3n) is 3.09. The highest BCUT2D eigenvalue weighted by Gasteiger charge is 2.19. The van der Waals surface area contributed by atoms with Crippen molar-refractivity contribution in [3.8, 4) is 11.4 Å². The number of hydrogen-bond acceptors (Lipinski definition) is 7. The fourth-order valence-electron chi connectivity index (χ4n) is 1.85. The van der Waals surface area contributed by atoms with Crippen molar-refractivity contribution in [1.82, 2.24) is 15.1 Å². The van der Waals surface area contributed by atoms with Gasteiger partial charge in [-0.3, -0.25) is 0 Å². The summed E-state index contributed by atoms with van der Waals surface area (Å²) in [5, 5.41) is 6.54. The second-order valence-electron chi connectivity index (χ2n) is 4.58. The van der Waals surface area contributed by atoms with Crippen LogP contribution < -0.4 is 11.1 Å². The molecule has 21 heavy (non-hydrogen) atoms. The zero-order chi connectivity index (χ0) is 14.8. The standard InChI is InChI=1S/C12H13F2N5O2/c13-9(14)12-18-10(19-21-12)6-3-8(15)11(16-4-6)17-5-7-1-2-20-7/h3-4,7,9H,1-2,5,15H2,(H,16,17)/t7-/m0/s1. The average molecular weight is 297 g/mol. The molecule has 1 aliphatic heterocycles. The van der Waals surface area contributed by atoms with Gasteiger partial charge in [0.25, 0.3) is 5.89 Å². The van der Waals surface area contributed by atoms with Crippen LogP contribution >= 0.6 is 0 Å². The molecular weight excluding hydrogens is 284 g/mol. The van der Waals surface area contributed by atoms with E-state index in [0.29, 0.717) is 23.6 Å². The predicted octanol–water partition coefficient (Wildman–Crippen LogP) is 1.85. The second kappa shape index (κ2) is 5.60. The van der Waals surface area contributed by atoms with Gasteiger partial charge in [-0.05, 0) is 12.5 Å². The Hall–Kier alpha value is -2.29. The topological polar surface area (TPSA) is 99.1 Å². The summed E-state index contributed by atoms with van der Waals surface area (Å²) in [5.74, 6) is -0.196. The van der Waals surface area contributed by atoms with Gasteiger partial charge in [0.2, 0.25) is 5.82 Å². The number of nitrogen functional groups attached to an aromatic ring is 1. The normalized spacial score (nSPS) is 17.8. The van der Waals surface area contributed by atoms with Crippen molar-refractivity contribution in [3.05, 3.63) is 18.2 Å². The van der Waals surface area contributed by atoms with Gasteiger partial charge >= 0.3 is 6.43 Å². The highest BCUT2D eigenvalue weighted by Crippen LogP contribution is 2.25. The monoisotopic (exact) mass is 297 g/mol. The Morgan fingerprint density at radius 3 is 2.86 bits per heavy atom. The SMILES string of the molecule is Nc1cc(-c2noc(C(F)F)n2)cnc1NC[C@@H]1CCO1. The first kappa shape index (κ1) is 13.7. The lowest BCUT2D eigenvalue weighted by molar-refractivity contribution is -0.0410. The summed E-state index contributed by atoms with van der Waals surface area (Å²) in [6.07, 6.45) is -0.179. The Morgan fingerprint density at radius 2 is 2.29 bits per heavy atom. The Morgan fingerprint density at radius 1 is 1.48 bits per heavy atom. The van der Waals surface area contributed by atoms with Gasteiger partial charge in [0.15, 0.2) is 0 Å². The van der Waals surface area contributed by atoms with E-state index in [1.165, 1.54) is 6.20 Å². The zero-order valence-electron chi connectivity index (χ0n) is 10.9. The maximum atomic E-state index is 12.4. The fraction of sp³-hybridized carbons (Fsp3) is 0.417. The van der Waals surface area contributed by atoms with Gasteiger partial charge in [-0.2, -0.15) is 13.8 Å². The molecule has 7 nitrogen and oxygen atoms in total. The molecule has 0 bridgehead atoms. The Balaban J connectivity index is 1.72. The summed E-state index contributed by atoms with van der Waals surface area (Å²) < 4.78 is 34.5. The van der Waals surface area contributed by atoms with E-state index in [0.717, 1.165) is 13.0 Å². The van der Waals surface area contributed by atoms with Crippen LogP contribution in [0.4, 0.5) is 20.3 Å². The first-order valence-corrected chi connectivity index (χ1v) is 6.36. The van der Waals surface area contributed by atoms with Crippen molar-refractivity contribution in [2.75, 3.05) is 24.2 Å². The molecule has 1 atom stereocenters. The number of halogens is 2. The van der Waals surface area contributed by atoms with Crippen molar-refractivity contribution in [2.24, 2.45) is 0 Å². The van der Waals surface area contributed by atoms with Gasteiger partial charge in [0.1, 0.15) is 5.82 Å². The molecule has 0 aromatic carbocycles. The minimum absolute atomic E-state index is 0.0263. The average Bonchev–Trinajstić information content (AvgIpc) is 2.88. The largest absolute Gasteiger partial charge is 0.396 e. The third kappa shape index (κ3) is 2.92. The number of ether oxygens (including phenoxy) is 1. The van der Waals surface area contributed by atoms with Crippen molar-refractivity contribution in [1.29, 1.82) is 0 Å². The van der Waals surface area contributed by atoms with Crippen LogP contribution in [0.3, 0.4) is 0 Å². The number of nitrogens with two attached hydrogens (primary N) is 1. The number of anilines is 2. The van der Waals surface area contributed by atoms with Gasteiger partial charge in [-0.15, -0.1) is 0 Å². The number of nitrogens with zero attached hydrogens (tertiary/aromatic N) is 3. The number of rotatable bonds is 5. The molecule has 9 heteroatoms. The Labute approximate surface area is 118 Å². The van der Waals surface area contributed by atoms with Crippen LogP contribution in [-0.2, 0) is 4.74 Å². The summed E-state index contributed by atoms with van der Waals surface area (Å²) in [6, 6.07) is 1.55. The molecule has 3 heterocycles. The van der Waals surface area contributed by atoms with Crippen LogP contribution in [0, 0.1) is 0 Å². The van der Waals surface area contributed by atoms with Crippen LogP contribution in [0.2, 0.25) is 0 Å². The van der Waals surface area contributed by atoms with Crippen LogP contribution in [0.5, 0.6) is 0 Å². The van der Waals surface area contributed by atoms with E-state index < -0.39 is 12.3 Å². The third-order valence-corrected chi connectivity index (χ3v) is 3.09. The molecule has 0 spiro atoms. The van der Waals surface area contributed by atoms with Crippen LogP contribution in [-0.4, -0.2) is 34.4 Å². The van der Waals surface area contributed by atoms with E-state index >= 15 is 0 Å². The van der Waals surface area contributed by atoms with Gasteiger partial charge in [0, 0.05) is 24.9 Å². The van der Waals surface area contributed by atoms with Gasteiger partial charge in [0.05, 0.1) is 11.8 Å². The lowest BCUT2D eigenvalue weighted by Gasteiger charge is -2.26. The number of aromatic nitrogens is 3. The quantitative estimate of drug-likeness (QED) is 0.868. The summed E-state index contributed by atoms with van der Waals surface area (Å²) in [4.78, 5) is 7.72. The number of hydrogen-bond donors (Lipinski definition) is 2. The van der Waals surface area contributed by atoms with Crippen LogP contribution in [0.25, 0.3) is 11.4 Å². The van der Waals surface area contributed by atoms with Crippen molar-refractivity contribution in [2.45, 2.75) is 19.0 Å². The second-order valence-corrected chi connectivity index (χ2v) is 4.58. The number of pyridine rings is 1. The van der Waals surface area contributed by atoms with E-state index in [9.17, 15) is 8.78 Å². The molecule has 1 fully saturated rings. The lowest BCUT2D eigenvalue weighted by Crippen LogP contribution is -2.33. The van der Waals surface area contributed by atoms with E-state index in [4.69, 9.17) is 10.5 Å². The molecule has 1 aliphatic rings. The molecule has 2 aromatic heterocycles. The maximum Gasteiger partial charge on any atom is 0.315 e. The van der Waals surface area contributed by atoms with E-state index in [2.05, 4.69) is 25.0 Å². The first-order valence-electron chi connectivity index (χ1n) is 6.36. The fourth-order valence-corrected chi connectivity index (χ4v) is 1.85. The molecule has 3 N–H and O–H groups in total. The maximum absolute atomic E-state index is 12.4. The van der Waals surface area contributed by atoms with E-state index in [-0.39, 0.29) is 11.9 Å². The highest BCUT2D eigenvalue weighted by molar-refractivity contribution is 5.69. The lowest BCUT2D eigenvalue weighted by atomic mass is 10.2. The molecule has 0 amide bonds. The summed E-state index contributed by atoms with van der Waals surface area (Å²) in [5.41, 5.74) is 6.65. The molecule has 0 unspecified atom stereocenters. The van der Waals surface area contributed by atoms with Crippen molar-refractivity contribution < 1.29 is 18.0 Å². The molecule has 1 saturated heterocycles. The van der Waals surface area contributed by atoms with Crippen LogP contribution in [0.1, 0.15) is 18.7 Å². The smallest absolute Gasteiger partial charge is 0.315 e. The molecule has 0 aliphatic carbocycles. The Kier molecular flexibility index (Phi) is 3.65. The summed E-state index contributed by atoms with van der Waals surface area (Å²) in [7, 11) is 0. The Bertz CT molecular complexity index is 630. The van der Waals surface area contributed by atoms with Gasteiger partial charge in [-0.25, -0.2) is 4.98 Å². The first-order chi connectivity index (χ1) is 10.1. The van der Waals surface area contributed by atoms with Gasteiger partial charge in [-0.1, -0.05) is 5.16 Å². The number of alkyl halides is 2. The van der Waals surface area contributed by atoms with E-state index in [1.807, 2.05) is 0 Å². The minimum Gasteiger partial charge on any atom is -0.396 e. The van der Waals surface area contributed by atoms with Crippen molar-refractivity contribution >= 4 is 11.5 Å². The summed E-state index contributed by atoms with van der Waals surface area (Å²) in [6.45, 7) is 1.40. The molecule has 112 valence electrons. The van der Waals surface area contributed by atoms with Gasteiger partial charge < -0.3 is 20.3 Å². The molecule has 2 aromatic rings. The zero-order valence-corrected chi connectivity index (χ0v) is 10.9. The molecule has 0 saturated carbocycles. The van der Waals surface area contributed by atoms with Crippen LogP contribution in [0.15, 0.2) is 16.8 Å². The molecule has 0 radical (unpaired) electrons. The summed E-state index contributed by atoms with van der Waals surface area (Å²) >= 11 is 0. The van der Waals surface area contributed by atoms with E-state index in [1.54, 1.807) is 6.07 Å². The van der Waals surface area contributed by atoms with Crippen molar-refractivity contribution in [3.63, 3.8) is 0 Å². The molecule has 3 rings (SSSR count). The number of nitrogens with one attached hydrogen (secondary N) is 1. The molecular formula is C12H13F2N5O2.